The summed E-state index contributed by atoms with van der Waals surface area (Å²) in [6.07, 6.45) is -0.853. The Morgan fingerprint density at radius 2 is 1.53 bits per heavy atom. The number of rotatable bonds is 3. The molecule has 0 heterocycles. The zero-order valence-electron chi connectivity index (χ0n) is 10.3. The van der Waals surface area contributed by atoms with Crippen LogP contribution in [0.25, 0.3) is 0 Å². The van der Waals surface area contributed by atoms with Crippen LogP contribution in [0.2, 0.25) is 0 Å². The van der Waals surface area contributed by atoms with E-state index >= 15 is 0 Å². The maximum atomic E-state index is 12.3. The van der Waals surface area contributed by atoms with Gasteiger partial charge in [0.05, 0.1) is 12.7 Å². The van der Waals surface area contributed by atoms with Crippen molar-refractivity contribution in [2.24, 2.45) is 0 Å². The fourth-order valence-electron chi connectivity index (χ4n) is 1.62. The first-order valence-corrected chi connectivity index (χ1v) is 5.67. The molecule has 0 aromatic heterocycles. The number of ketones is 1. The predicted octanol–water partition coefficient (Wildman–Crippen LogP) is 3.06. The van der Waals surface area contributed by atoms with Gasteiger partial charge in [0.25, 0.3) is 0 Å². The van der Waals surface area contributed by atoms with Crippen LogP contribution in [0, 0.1) is 0 Å². The molecule has 4 nitrogen and oxygen atoms in total. The molecule has 0 bridgehead atoms. The van der Waals surface area contributed by atoms with Gasteiger partial charge in [-0.2, -0.15) is 0 Å². The first kappa shape index (κ1) is 12.8. The van der Waals surface area contributed by atoms with Gasteiger partial charge >= 0.3 is 6.16 Å². The minimum atomic E-state index is -0.853. The number of hydrogen-bond acceptors (Lipinski definition) is 4. The molecule has 0 amide bonds. The minimum Gasteiger partial charge on any atom is -0.437 e. The van der Waals surface area contributed by atoms with Crippen molar-refractivity contribution >= 4 is 11.9 Å². The monoisotopic (exact) mass is 256 g/mol. The van der Waals surface area contributed by atoms with Gasteiger partial charge in [-0.3, -0.25) is 4.79 Å². The smallest absolute Gasteiger partial charge is 0.437 e. The molecule has 0 radical (unpaired) electrons. The molecule has 0 saturated heterocycles. The number of para-hydroxylation sites is 1. The van der Waals surface area contributed by atoms with Gasteiger partial charge < -0.3 is 9.47 Å². The zero-order chi connectivity index (χ0) is 13.7. The molecule has 2 rings (SSSR count). The lowest BCUT2D eigenvalue weighted by Crippen LogP contribution is -2.11. The minimum absolute atomic E-state index is 0.184. The number of benzene rings is 2. The molecule has 96 valence electrons. The van der Waals surface area contributed by atoms with Crippen LogP contribution in [0.4, 0.5) is 4.79 Å². The highest BCUT2D eigenvalue weighted by Gasteiger charge is 2.16. The highest BCUT2D eigenvalue weighted by atomic mass is 16.7. The van der Waals surface area contributed by atoms with Crippen molar-refractivity contribution in [3.63, 3.8) is 0 Å². The Morgan fingerprint density at radius 3 is 2.21 bits per heavy atom. The van der Waals surface area contributed by atoms with Crippen molar-refractivity contribution in [2.75, 3.05) is 7.11 Å². The second-order valence-corrected chi connectivity index (χ2v) is 3.75. The molecule has 2 aromatic carbocycles. The van der Waals surface area contributed by atoms with E-state index in [1.54, 1.807) is 48.5 Å². The fraction of sp³-hybridized carbons (Fsp3) is 0.0667. The van der Waals surface area contributed by atoms with Crippen LogP contribution in [0.1, 0.15) is 15.9 Å². The molecule has 0 atom stereocenters. The Hall–Kier alpha value is -2.62. The van der Waals surface area contributed by atoms with Crippen molar-refractivity contribution in [1.82, 2.24) is 0 Å². The van der Waals surface area contributed by atoms with Crippen LogP contribution >= 0.6 is 0 Å². The number of methoxy groups -OCH3 is 1. The highest BCUT2D eigenvalue weighted by molar-refractivity contribution is 6.10. The van der Waals surface area contributed by atoms with E-state index in [9.17, 15) is 9.59 Å². The predicted molar refractivity (Wildman–Crippen MR) is 69.3 cm³/mol. The summed E-state index contributed by atoms with van der Waals surface area (Å²) in [5.41, 5.74) is 0.850. The molecule has 2 aromatic rings. The van der Waals surface area contributed by atoms with E-state index in [-0.39, 0.29) is 11.5 Å². The molecule has 0 aliphatic rings. The summed E-state index contributed by atoms with van der Waals surface area (Å²) in [5, 5.41) is 0. The average molecular weight is 256 g/mol. The summed E-state index contributed by atoms with van der Waals surface area (Å²) >= 11 is 0. The van der Waals surface area contributed by atoms with Crippen molar-refractivity contribution in [1.29, 1.82) is 0 Å². The van der Waals surface area contributed by atoms with Gasteiger partial charge in [-0.1, -0.05) is 42.5 Å². The second kappa shape index (κ2) is 5.82. The zero-order valence-corrected chi connectivity index (χ0v) is 10.3. The molecule has 4 heteroatoms. The third-order valence-corrected chi connectivity index (χ3v) is 2.53. The molecular weight excluding hydrogens is 244 g/mol. The molecule has 0 aliphatic carbocycles. The fourth-order valence-corrected chi connectivity index (χ4v) is 1.62. The number of carbonyl (C=O) groups is 2. The molecule has 19 heavy (non-hydrogen) atoms. The summed E-state index contributed by atoms with van der Waals surface area (Å²) in [5.74, 6) is -0.0247. The van der Waals surface area contributed by atoms with Crippen LogP contribution in [0.3, 0.4) is 0 Å². The van der Waals surface area contributed by atoms with Crippen LogP contribution in [-0.4, -0.2) is 19.0 Å². The quantitative estimate of drug-likeness (QED) is 0.481. The number of ether oxygens (including phenoxy) is 2. The molecule has 0 aliphatic heterocycles. The van der Waals surface area contributed by atoms with Crippen molar-refractivity contribution in [3.05, 3.63) is 65.7 Å². The normalized spacial score (nSPS) is 9.74. The SMILES string of the molecule is COC(=O)Oc1ccccc1C(=O)c1ccccc1. The third kappa shape index (κ3) is 2.98. The summed E-state index contributed by atoms with van der Waals surface area (Å²) in [4.78, 5) is 23.4. The second-order valence-electron chi connectivity index (χ2n) is 3.75. The Bertz CT molecular complexity index is 590. The van der Waals surface area contributed by atoms with Crippen LogP contribution in [0.5, 0.6) is 5.75 Å². The lowest BCUT2D eigenvalue weighted by atomic mass is 10.0. The summed E-state index contributed by atoms with van der Waals surface area (Å²) < 4.78 is 9.38. The van der Waals surface area contributed by atoms with Gasteiger partial charge in [0.1, 0.15) is 5.75 Å². The van der Waals surface area contributed by atoms with Crippen molar-refractivity contribution in [2.45, 2.75) is 0 Å². The van der Waals surface area contributed by atoms with Gasteiger partial charge in [0.15, 0.2) is 5.78 Å². The Morgan fingerprint density at radius 1 is 0.895 bits per heavy atom. The van der Waals surface area contributed by atoms with Crippen molar-refractivity contribution in [3.8, 4) is 5.75 Å². The molecule has 0 fully saturated rings. The lowest BCUT2D eigenvalue weighted by molar-refractivity contribution is 0.103. The van der Waals surface area contributed by atoms with E-state index in [0.29, 0.717) is 11.1 Å². The molecule has 0 saturated carbocycles. The van der Waals surface area contributed by atoms with E-state index in [0.717, 1.165) is 0 Å². The van der Waals surface area contributed by atoms with Crippen molar-refractivity contribution < 1.29 is 19.1 Å². The van der Waals surface area contributed by atoms with E-state index < -0.39 is 6.16 Å². The van der Waals surface area contributed by atoms with Crippen LogP contribution in [0.15, 0.2) is 54.6 Å². The van der Waals surface area contributed by atoms with E-state index in [1.165, 1.54) is 7.11 Å². The standard InChI is InChI=1S/C15H12O4/c1-18-15(17)19-13-10-6-5-9-12(13)14(16)11-7-3-2-4-8-11/h2-10H,1H3. The number of hydrogen-bond donors (Lipinski definition) is 0. The Labute approximate surface area is 110 Å². The summed E-state index contributed by atoms with van der Waals surface area (Å²) in [6, 6.07) is 15.3. The summed E-state index contributed by atoms with van der Waals surface area (Å²) in [7, 11) is 1.21. The average Bonchev–Trinajstić information content (AvgIpc) is 2.48. The largest absolute Gasteiger partial charge is 0.513 e. The topological polar surface area (TPSA) is 52.6 Å². The molecule has 0 N–H and O–H groups in total. The van der Waals surface area contributed by atoms with Gasteiger partial charge in [-0.15, -0.1) is 0 Å². The van der Waals surface area contributed by atoms with E-state index in [1.807, 2.05) is 6.07 Å². The molecule has 0 spiro atoms. The van der Waals surface area contributed by atoms with Crippen LogP contribution < -0.4 is 4.74 Å². The molecular formula is C15H12O4. The highest BCUT2D eigenvalue weighted by Crippen LogP contribution is 2.21. The van der Waals surface area contributed by atoms with E-state index in [4.69, 9.17) is 4.74 Å². The maximum absolute atomic E-state index is 12.3. The number of carbonyl (C=O) groups excluding carboxylic acids is 2. The summed E-state index contributed by atoms with van der Waals surface area (Å²) in [6.45, 7) is 0. The van der Waals surface area contributed by atoms with Gasteiger partial charge in [0, 0.05) is 5.56 Å². The van der Waals surface area contributed by atoms with Gasteiger partial charge in [-0.05, 0) is 12.1 Å². The maximum Gasteiger partial charge on any atom is 0.513 e. The van der Waals surface area contributed by atoms with Gasteiger partial charge in [-0.25, -0.2) is 4.79 Å². The van der Waals surface area contributed by atoms with Gasteiger partial charge in [0.2, 0.25) is 0 Å². The Balaban J connectivity index is 2.35. The van der Waals surface area contributed by atoms with E-state index in [2.05, 4.69) is 4.74 Å². The third-order valence-electron chi connectivity index (χ3n) is 2.53. The molecule has 0 unspecified atom stereocenters. The lowest BCUT2D eigenvalue weighted by Gasteiger charge is -2.08. The first-order valence-electron chi connectivity index (χ1n) is 5.67. The Kier molecular flexibility index (Phi) is 3.93. The van der Waals surface area contributed by atoms with Crippen LogP contribution in [-0.2, 0) is 4.74 Å². The first-order chi connectivity index (χ1) is 9.22.